The molecule has 1 unspecified atom stereocenters. The molecule has 0 spiro atoms. The van der Waals surface area contributed by atoms with E-state index in [4.69, 9.17) is 4.74 Å². The van der Waals surface area contributed by atoms with Crippen molar-refractivity contribution < 1.29 is 24.2 Å². The fourth-order valence-electron chi connectivity index (χ4n) is 5.13. The summed E-state index contributed by atoms with van der Waals surface area (Å²) >= 11 is 0. The molecule has 11 nitrogen and oxygen atoms in total. The number of aryl methyl sites for hydroxylation is 2. The number of aliphatic carboxylic acids is 1. The third-order valence-electron chi connectivity index (χ3n) is 7.08. The molecule has 2 aliphatic rings. The molecule has 41 heavy (non-hydrogen) atoms. The molecule has 3 heterocycles. The second kappa shape index (κ2) is 11.5. The highest BCUT2D eigenvalue weighted by Crippen LogP contribution is 2.29. The number of fused-ring (bicyclic) bond motifs is 10. The smallest absolute Gasteiger partial charge is 0.411 e. The zero-order valence-electron chi connectivity index (χ0n) is 22.5. The van der Waals surface area contributed by atoms with Gasteiger partial charge in [0.1, 0.15) is 6.04 Å². The van der Waals surface area contributed by atoms with Crippen molar-refractivity contribution >= 4 is 40.2 Å². The number of ether oxygens (including phenoxy) is 1. The van der Waals surface area contributed by atoms with E-state index in [1.54, 1.807) is 42.5 Å². The third-order valence-corrected chi connectivity index (χ3v) is 7.08. The highest BCUT2D eigenvalue weighted by Gasteiger charge is 2.27. The van der Waals surface area contributed by atoms with E-state index in [0.717, 1.165) is 16.7 Å². The van der Waals surface area contributed by atoms with Gasteiger partial charge in [-0.05, 0) is 72.0 Å². The summed E-state index contributed by atoms with van der Waals surface area (Å²) < 4.78 is 5.40. The summed E-state index contributed by atoms with van der Waals surface area (Å²) in [7, 11) is 0. The molecule has 5 N–H and O–H groups in total. The number of carboxylic acids is 1. The zero-order chi connectivity index (χ0) is 29.1. The zero-order valence-corrected chi connectivity index (χ0v) is 22.5. The van der Waals surface area contributed by atoms with E-state index in [9.17, 15) is 24.3 Å². The van der Waals surface area contributed by atoms with Crippen molar-refractivity contribution in [3.8, 4) is 0 Å². The minimum Gasteiger partial charge on any atom is -0.481 e. The number of rotatable bonds is 4. The van der Waals surface area contributed by atoms with Gasteiger partial charge in [-0.1, -0.05) is 24.3 Å². The number of anilines is 2. The van der Waals surface area contributed by atoms with Gasteiger partial charge in [0.25, 0.3) is 5.56 Å². The maximum Gasteiger partial charge on any atom is 0.411 e. The van der Waals surface area contributed by atoms with E-state index >= 15 is 0 Å². The number of hydrogen-bond donors (Lipinski definition) is 5. The lowest BCUT2D eigenvalue weighted by Gasteiger charge is -2.26. The van der Waals surface area contributed by atoms with Crippen LogP contribution in [0.3, 0.4) is 0 Å². The van der Waals surface area contributed by atoms with Gasteiger partial charge in [0, 0.05) is 17.8 Å². The lowest BCUT2D eigenvalue weighted by Crippen LogP contribution is -2.37. The molecule has 3 aromatic carbocycles. The van der Waals surface area contributed by atoms with Crippen LogP contribution in [0.2, 0.25) is 0 Å². The molecule has 0 saturated heterocycles. The van der Waals surface area contributed by atoms with Crippen molar-refractivity contribution in [3.05, 3.63) is 99.1 Å². The molecule has 2 atom stereocenters. The molecule has 0 aliphatic carbocycles. The topological polar surface area (TPSA) is 163 Å². The van der Waals surface area contributed by atoms with Gasteiger partial charge in [0.05, 0.1) is 36.3 Å². The molecule has 2 amide bonds. The van der Waals surface area contributed by atoms with Crippen molar-refractivity contribution in [2.45, 2.75) is 38.8 Å². The Bertz CT molecular complexity index is 1690. The van der Waals surface area contributed by atoms with E-state index in [0.29, 0.717) is 39.8 Å². The molecule has 6 rings (SSSR count). The summed E-state index contributed by atoms with van der Waals surface area (Å²) in [6, 6.07) is 13.6. The number of amides is 2. The van der Waals surface area contributed by atoms with Crippen molar-refractivity contribution in [1.29, 1.82) is 0 Å². The van der Waals surface area contributed by atoms with Gasteiger partial charge in [-0.2, -0.15) is 0 Å². The van der Waals surface area contributed by atoms with Crippen molar-refractivity contribution in [2.75, 3.05) is 17.2 Å². The van der Waals surface area contributed by atoms with Crippen LogP contribution in [-0.2, 0) is 20.7 Å². The maximum absolute atomic E-state index is 14.0. The van der Waals surface area contributed by atoms with E-state index in [2.05, 4.69) is 25.9 Å². The summed E-state index contributed by atoms with van der Waals surface area (Å²) in [4.78, 5) is 57.3. The van der Waals surface area contributed by atoms with Crippen LogP contribution in [0, 0.1) is 13.8 Å². The summed E-state index contributed by atoms with van der Waals surface area (Å²) in [5.74, 6) is -1.57. The van der Waals surface area contributed by atoms with Gasteiger partial charge < -0.3 is 25.5 Å². The van der Waals surface area contributed by atoms with Crippen LogP contribution in [0.1, 0.15) is 46.3 Å². The Balaban J connectivity index is 1.60. The maximum atomic E-state index is 14.0. The average Bonchev–Trinajstić information content (AvgIpc) is 2.92. The number of carbonyl (C=O) groups is 3. The number of nitrogens with zero attached hydrogens (tertiary/aromatic N) is 1. The highest BCUT2D eigenvalue weighted by molar-refractivity contribution is 5.89. The predicted octanol–water partition coefficient (Wildman–Crippen LogP) is 4.13. The minimum absolute atomic E-state index is 0.149. The lowest BCUT2D eigenvalue weighted by molar-refractivity contribution is -0.137. The first kappa shape index (κ1) is 27.4. The Kier molecular flexibility index (Phi) is 7.68. The van der Waals surface area contributed by atoms with Crippen LogP contribution in [0.5, 0.6) is 0 Å². The molecule has 2 aliphatic heterocycles. The normalized spacial score (nSPS) is 17.4. The summed E-state index contributed by atoms with van der Waals surface area (Å²) in [5, 5.41) is 18.8. The van der Waals surface area contributed by atoms with Crippen LogP contribution in [0.4, 0.5) is 16.2 Å². The highest BCUT2D eigenvalue weighted by atomic mass is 16.5. The average molecular weight is 556 g/mol. The SMILES string of the molecule is Cc1cc2cc(C)c1CCOC(=O)Nc1cccc(c1)C(CC(=O)O)NC(=O)[C@@H]2Nc1ccc2nc[nH]c(=O)c2c1. The first-order valence-electron chi connectivity index (χ1n) is 13.1. The molecule has 4 bridgehead atoms. The van der Waals surface area contributed by atoms with Gasteiger partial charge >= 0.3 is 12.1 Å². The number of H-pyrrole nitrogens is 1. The number of benzene rings is 3. The molecule has 4 aromatic rings. The lowest BCUT2D eigenvalue weighted by atomic mass is 9.93. The first-order valence-corrected chi connectivity index (χ1v) is 13.1. The third kappa shape index (κ3) is 6.19. The Hall–Kier alpha value is -5.19. The molecule has 0 fully saturated rings. The number of nitrogens with one attached hydrogen (secondary N) is 4. The van der Waals surface area contributed by atoms with Crippen LogP contribution < -0.4 is 21.5 Å². The molecular formula is C30H29N5O6. The second-order valence-corrected chi connectivity index (χ2v) is 9.97. The van der Waals surface area contributed by atoms with Crippen molar-refractivity contribution in [3.63, 3.8) is 0 Å². The number of carbonyl (C=O) groups excluding carboxylic acids is 2. The second-order valence-electron chi connectivity index (χ2n) is 9.97. The Morgan fingerprint density at radius 3 is 2.59 bits per heavy atom. The fraction of sp³-hybridized carbons (Fsp3) is 0.233. The van der Waals surface area contributed by atoms with Crippen LogP contribution in [-0.4, -0.2) is 39.7 Å². The number of aromatic nitrogens is 2. The molecule has 1 aromatic heterocycles. The Morgan fingerprint density at radius 2 is 1.83 bits per heavy atom. The van der Waals surface area contributed by atoms with Gasteiger partial charge in [-0.25, -0.2) is 9.78 Å². The predicted molar refractivity (Wildman–Crippen MR) is 153 cm³/mol. The Morgan fingerprint density at radius 1 is 1.05 bits per heavy atom. The van der Waals surface area contributed by atoms with Crippen LogP contribution in [0.15, 0.2) is 65.7 Å². The molecule has 0 radical (unpaired) electrons. The van der Waals surface area contributed by atoms with Gasteiger partial charge in [-0.3, -0.25) is 19.7 Å². The molecule has 0 saturated carbocycles. The summed E-state index contributed by atoms with van der Waals surface area (Å²) in [6.45, 7) is 3.99. The van der Waals surface area contributed by atoms with E-state index in [1.165, 1.54) is 6.33 Å². The van der Waals surface area contributed by atoms with Crippen molar-refractivity contribution in [1.82, 2.24) is 15.3 Å². The summed E-state index contributed by atoms with van der Waals surface area (Å²) in [5.41, 5.74) is 5.06. The monoisotopic (exact) mass is 555 g/mol. The van der Waals surface area contributed by atoms with Crippen molar-refractivity contribution in [2.24, 2.45) is 0 Å². The standard InChI is InChI=1S/C30H29N5O6/c1-16-10-19-11-17(2)22(16)8-9-41-30(40)34-20-5-3-4-18(12-20)25(14-26(36)37)35-29(39)27(19)33-21-6-7-24-23(13-21)28(38)32-15-31-24/h3-7,10-13,15,25,27,33H,8-9,14H2,1-2H3,(H,34,40)(H,35,39)(H,36,37)(H,31,32,38)/t25?,27-/m1/s1. The van der Waals surface area contributed by atoms with Crippen LogP contribution >= 0.6 is 0 Å². The largest absolute Gasteiger partial charge is 0.481 e. The van der Waals surface area contributed by atoms with E-state index in [1.807, 2.05) is 26.0 Å². The van der Waals surface area contributed by atoms with E-state index < -0.39 is 30.1 Å². The number of hydrogen-bond acceptors (Lipinski definition) is 7. The molecular weight excluding hydrogens is 526 g/mol. The van der Waals surface area contributed by atoms with Gasteiger partial charge in [0.15, 0.2) is 0 Å². The number of carboxylic acid groups (broad SMARTS) is 1. The number of aromatic amines is 1. The molecule has 210 valence electrons. The first-order chi connectivity index (χ1) is 19.7. The van der Waals surface area contributed by atoms with Crippen LogP contribution in [0.25, 0.3) is 10.9 Å². The quantitative estimate of drug-likeness (QED) is 0.251. The van der Waals surface area contributed by atoms with Gasteiger partial charge in [0.2, 0.25) is 5.91 Å². The minimum atomic E-state index is -1.11. The molecule has 11 heteroatoms. The van der Waals surface area contributed by atoms with Gasteiger partial charge in [-0.15, -0.1) is 0 Å². The Labute approximate surface area is 235 Å². The fourth-order valence-corrected chi connectivity index (χ4v) is 5.13. The van der Waals surface area contributed by atoms with E-state index in [-0.39, 0.29) is 18.6 Å². The summed E-state index contributed by atoms with van der Waals surface area (Å²) in [6.07, 6.45) is 0.791.